The van der Waals surface area contributed by atoms with Crippen LogP contribution in [0.5, 0.6) is 0 Å². The van der Waals surface area contributed by atoms with Crippen molar-refractivity contribution in [2.24, 2.45) is 0 Å². The number of amides is 2. The third kappa shape index (κ3) is 4.37. The Morgan fingerprint density at radius 3 is 2.18 bits per heavy atom. The van der Waals surface area contributed by atoms with Crippen molar-refractivity contribution >= 4 is 23.7 Å². The first-order valence-electron chi connectivity index (χ1n) is 11.2. The molecule has 1 fully saturated rings. The van der Waals surface area contributed by atoms with Gasteiger partial charge in [0.2, 0.25) is 5.91 Å². The minimum absolute atomic E-state index is 0.0295. The second-order valence-electron chi connectivity index (χ2n) is 8.84. The second-order valence-corrected chi connectivity index (χ2v) is 8.84. The van der Waals surface area contributed by atoms with Crippen LogP contribution in [0.1, 0.15) is 46.7 Å². The maximum atomic E-state index is 12.6. The Morgan fingerprint density at radius 1 is 0.912 bits per heavy atom. The fourth-order valence-electron chi connectivity index (χ4n) is 4.59. The number of anilines is 1. The minimum Gasteiger partial charge on any atom is -0.478 e. The smallest absolute Gasteiger partial charge is 0.407 e. The fraction of sp³-hybridized carbons (Fsp3) is 0.222. The molecule has 7 heteroatoms. The van der Waals surface area contributed by atoms with Gasteiger partial charge in [0.05, 0.1) is 17.5 Å². The van der Waals surface area contributed by atoms with Crippen LogP contribution in [0, 0.1) is 0 Å². The number of fused-ring (bicyclic) bond motifs is 3. The van der Waals surface area contributed by atoms with E-state index in [9.17, 15) is 14.4 Å². The van der Waals surface area contributed by atoms with Gasteiger partial charge in [0.25, 0.3) is 0 Å². The molecule has 0 radical (unpaired) electrons. The lowest BCUT2D eigenvalue weighted by Gasteiger charge is -2.19. The highest BCUT2D eigenvalue weighted by molar-refractivity contribution is 5.94. The molecule has 0 unspecified atom stereocenters. The van der Waals surface area contributed by atoms with Gasteiger partial charge in [-0.25, -0.2) is 9.59 Å². The average Bonchev–Trinajstić information content (AvgIpc) is 3.49. The van der Waals surface area contributed by atoms with Crippen LogP contribution in [0.15, 0.2) is 72.8 Å². The van der Waals surface area contributed by atoms with Crippen LogP contribution in [-0.4, -0.2) is 35.2 Å². The van der Waals surface area contributed by atoms with Gasteiger partial charge in [-0.1, -0.05) is 54.6 Å². The molecule has 3 aromatic rings. The average molecular weight is 456 g/mol. The highest BCUT2D eigenvalue weighted by Gasteiger charge is 2.46. The summed E-state index contributed by atoms with van der Waals surface area (Å²) in [5.41, 5.74) is 4.47. The van der Waals surface area contributed by atoms with E-state index in [0.29, 0.717) is 18.5 Å². The first-order chi connectivity index (χ1) is 16.4. The monoisotopic (exact) mass is 456 g/mol. The zero-order valence-corrected chi connectivity index (χ0v) is 18.4. The number of aromatic carboxylic acids is 1. The molecule has 0 atom stereocenters. The number of hydrogen-bond donors (Lipinski definition) is 3. The van der Waals surface area contributed by atoms with Gasteiger partial charge < -0.3 is 20.5 Å². The zero-order chi connectivity index (χ0) is 23.7. The highest BCUT2D eigenvalue weighted by atomic mass is 16.5. The van der Waals surface area contributed by atoms with E-state index in [1.54, 1.807) is 12.1 Å². The molecule has 0 saturated heterocycles. The number of hydrogen-bond acceptors (Lipinski definition) is 4. The van der Waals surface area contributed by atoms with Crippen molar-refractivity contribution in [3.05, 3.63) is 89.5 Å². The number of rotatable bonds is 7. The van der Waals surface area contributed by atoms with Crippen LogP contribution < -0.4 is 10.6 Å². The third-order valence-corrected chi connectivity index (χ3v) is 6.46. The van der Waals surface area contributed by atoms with Crippen LogP contribution in [0.2, 0.25) is 0 Å². The summed E-state index contributed by atoms with van der Waals surface area (Å²) in [5, 5.41) is 14.7. The van der Waals surface area contributed by atoms with E-state index in [-0.39, 0.29) is 30.4 Å². The van der Waals surface area contributed by atoms with Gasteiger partial charge in [-0.2, -0.15) is 0 Å². The molecular weight excluding hydrogens is 432 g/mol. The van der Waals surface area contributed by atoms with Crippen molar-refractivity contribution < 1.29 is 24.2 Å². The Hall–Kier alpha value is -4.13. The molecule has 0 aromatic heterocycles. The number of benzene rings is 3. The van der Waals surface area contributed by atoms with Gasteiger partial charge in [-0.3, -0.25) is 4.79 Å². The SMILES string of the molecule is O=C(CC1(NC(=O)OCC2c3ccccc3-c3ccccc32)CC1)Nc1cccc(C(=O)O)c1. The van der Waals surface area contributed by atoms with Gasteiger partial charge in [0, 0.05) is 11.6 Å². The van der Waals surface area contributed by atoms with Gasteiger partial charge in [-0.05, 0) is 53.3 Å². The van der Waals surface area contributed by atoms with E-state index in [2.05, 4.69) is 34.9 Å². The Bertz CT molecular complexity index is 1240. The van der Waals surface area contributed by atoms with Crippen molar-refractivity contribution in [2.45, 2.75) is 30.7 Å². The number of carbonyl (C=O) groups excluding carboxylic acids is 2. The van der Waals surface area contributed by atoms with Crippen LogP contribution >= 0.6 is 0 Å². The summed E-state index contributed by atoms with van der Waals surface area (Å²) in [6.07, 6.45) is 0.911. The molecular formula is C27H24N2O5. The van der Waals surface area contributed by atoms with E-state index in [1.807, 2.05) is 24.3 Å². The zero-order valence-electron chi connectivity index (χ0n) is 18.4. The summed E-state index contributed by atoms with van der Waals surface area (Å²) in [6, 6.07) is 22.3. The topological polar surface area (TPSA) is 105 Å². The molecule has 2 aliphatic rings. The lowest BCUT2D eigenvalue weighted by atomic mass is 9.98. The van der Waals surface area contributed by atoms with Crippen molar-refractivity contribution in [3.63, 3.8) is 0 Å². The molecule has 172 valence electrons. The molecule has 0 heterocycles. The molecule has 3 aromatic carbocycles. The quantitative estimate of drug-likeness (QED) is 0.474. The molecule has 2 aliphatic carbocycles. The minimum atomic E-state index is -1.06. The molecule has 1 saturated carbocycles. The van der Waals surface area contributed by atoms with Gasteiger partial charge in [0.1, 0.15) is 6.61 Å². The summed E-state index contributed by atoms with van der Waals surface area (Å²) in [6.45, 7) is 0.212. The van der Waals surface area contributed by atoms with Gasteiger partial charge in [0.15, 0.2) is 0 Å². The third-order valence-electron chi connectivity index (χ3n) is 6.46. The lowest BCUT2D eigenvalue weighted by Crippen LogP contribution is -2.40. The standard InChI is InChI=1S/C27H24N2O5/c30-24(28-18-7-5-6-17(14-18)25(31)32)15-27(12-13-27)29-26(33)34-16-23-21-10-3-1-8-19(21)20-9-2-4-11-22(20)23/h1-11,14,23H,12-13,15-16H2,(H,28,30)(H,29,33)(H,31,32). The molecule has 34 heavy (non-hydrogen) atoms. The Morgan fingerprint density at radius 2 is 1.56 bits per heavy atom. The molecule has 0 bridgehead atoms. The largest absolute Gasteiger partial charge is 0.478 e. The van der Waals surface area contributed by atoms with E-state index >= 15 is 0 Å². The van der Waals surface area contributed by atoms with Gasteiger partial charge >= 0.3 is 12.1 Å². The maximum absolute atomic E-state index is 12.6. The van der Waals surface area contributed by atoms with Crippen LogP contribution in [-0.2, 0) is 9.53 Å². The Balaban J connectivity index is 1.18. The number of carboxylic acid groups (broad SMARTS) is 1. The second kappa shape index (κ2) is 8.67. The predicted molar refractivity (Wildman–Crippen MR) is 127 cm³/mol. The van der Waals surface area contributed by atoms with Crippen molar-refractivity contribution in [3.8, 4) is 11.1 Å². The van der Waals surface area contributed by atoms with Crippen molar-refractivity contribution in [1.29, 1.82) is 0 Å². The molecule has 3 N–H and O–H groups in total. The summed E-state index contributed by atoms with van der Waals surface area (Å²) in [4.78, 5) is 36.2. The molecule has 0 spiro atoms. The van der Waals surface area contributed by atoms with E-state index in [0.717, 1.165) is 22.3 Å². The van der Waals surface area contributed by atoms with Gasteiger partial charge in [-0.15, -0.1) is 0 Å². The molecule has 7 nitrogen and oxygen atoms in total. The van der Waals surface area contributed by atoms with Crippen molar-refractivity contribution in [2.75, 3.05) is 11.9 Å². The summed E-state index contributed by atoms with van der Waals surface area (Å²) in [5.74, 6) is -1.39. The highest BCUT2D eigenvalue weighted by Crippen LogP contribution is 2.44. The van der Waals surface area contributed by atoms with Crippen LogP contribution in [0.4, 0.5) is 10.5 Å². The Labute approximate surface area is 196 Å². The maximum Gasteiger partial charge on any atom is 0.407 e. The van der Waals surface area contributed by atoms with Crippen molar-refractivity contribution in [1.82, 2.24) is 5.32 Å². The summed E-state index contributed by atoms with van der Waals surface area (Å²) in [7, 11) is 0. The van der Waals surface area contributed by atoms with Crippen LogP contribution in [0.3, 0.4) is 0 Å². The number of carboxylic acids is 1. The van der Waals surface area contributed by atoms with E-state index < -0.39 is 17.6 Å². The number of alkyl carbamates (subject to hydrolysis) is 1. The summed E-state index contributed by atoms with van der Waals surface area (Å²) < 4.78 is 5.61. The normalized spacial score (nSPS) is 15.1. The first kappa shape index (κ1) is 21.7. The predicted octanol–water partition coefficient (Wildman–Crippen LogP) is 4.78. The van der Waals surface area contributed by atoms with E-state index in [4.69, 9.17) is 9.84 Å². The number of nitrogens with one attached hydrogen (secondary N) is 2. The summed E-state index contributed by atoms with van der Waals surface area (Å²) >= 11 is 0. The fourth-order valence-corrected chi connectivity index (χ4v) is 4.59. The number of carbonyl (C=O) groups is 3. The molecule has 2 amide bonds. The molecule has 0 aliphatic heterocycles. The number of ether oxygens (including phenoxy) is 1. The van der Waals surface area contributed by atoms with Crippen LogP contribution in [0.25, 0.3) is 11.1 Å². The molecule has 5 rings (SSSR count). The lowest BCUT2D eigenvalue weighted by molar-refractivity contribution is -0.116. The Kier molecular flexibility index (Phi) is 5.53. The van der Waals surface area contributed by atoms with E-state index in [1.165, 1.54) is 12.1 Å². The first-order valence-corrected chi connectivity index (χ1v) is 11.2.